The molecular weight excluding hydrogens is 525 g/mol. The van der Waals surface area contributed by atoms with Gasteiger partial charge in [-0.15, -0.1) is 24.2 Å². The number of amides is 1. The van der Waals surface area contributed by atoms with Crippen molar-refractivity contribution in [2.75, 3.05) is 57.2 Å². The lowest BCUT2D eigenvalue weighted by Gasteiger charge is -2.27. The van der Waals surface area contributed by atoms with Crippen LogP contribution in [0, 0.1) is 0 Å². The minimum absolute atomic E-state index is 0. The van der Waals surface area contributed by atoms with E-state index in [0.717, 1.165) is 72.5 Å². The van der Waals surface area contributed by atoms with Crippen LogP contribution in [0.25, 0.3) is 10.2 Å². The summed E-state index contributed by atoms with van der Waals surface area (Å²) in [7, 11) is 1.67. The van der Waals surface area contributed by atoms with Crippen LogP contribution in [0.1, 0.15) is 19.3 Å². The number of hydrogen-bond acceptors (Lipinski definition) is 7. The molecule has 0 saturated carbocycles. The van der Waals surface area contributed by atoms with E-state index in [-0.39, 0.29) is 18.3 Å². The Kier molecular flexibility index (Phi) is 11.4. The van der Waals surface area contributed by atoms with Crippen LogP contribution in [-0.4, -0.2) is 68.0 Å². The second kappa shape index (κ2) is 14.3. The molecule has 2 heterocycles. The van der Waals surface area contributed by atoms with Crippen molar-refractivity contribution in [2.24, 2.45) is 0 Å². The van der Waals surface area contributed by atoms with Crippen LogP contribution in [0.3, 0.4) is 0 Å². The summed E-state index contributed by atoms with van der Waals surface area (Å²) in [4.78, 5) is 23.5. The third-order valence-electron chi connectivity index (χ3n) is 5.69. The van der Waals surface area contributed by atoms with Gasteiger partial charge in [0.25, 0.3) is 0 Å². The topological polar surface area (TPSA) is 54.9 Å². The minimum Gasteiger partial charge on any atom is -0.497 e. The average Bonchev–Trinajstić information content (AvgIpc) is 3.28. The molecule has 1 aliphatic rings. The lowest BCUT2D eigenvalue weighted by molar-refractivity contribution is -0.118. The van der Waals surface area contributed by atoms with Gasteiger partial charge in [0.05, 0.1) is 30.5 Å². The molecule has 0 spiro atoms. The average molecular weight is 557 g/mol. The van der Waals surface area contributed by atoms with Crippen LogP contribution >= 0.6 is 47.1 Å². The van der Waals surface area contributed by atoms with Crippen molar-refractivity contribution in [1.29, 1.82) is 0 Å². The van der Waals surface area contributed by atoms with Crippen molar-refractivity contribution in [3.63, 3.8) is 0 Å². The van der Waals surface area contributed by atoms with Gasteiger partial charge >= 0.3 is 0 Å². The van der Waals surface area contributed by atoms with Crippen molar-refractivity contribution in [1.82, 2.24) is 9.88 Å². The molecular formula is C25H31Cl2N3O3S2. The van der Waals surface area contributed by atoms with E-state index in [1.807, 2.05) is 35.2 Å². The number of benzene rings is 2. The number of morpholine rings is 1. The molecule has 0 atom stereocenters. The van der Waals surface area contributed by atoms with Crippen LogP contribution in [0.5, 0.6) is 5.75 Å². The predicted octanol–water partition coefficient (Wildman–Crippen LogP) is 6.01. The Morgan fingerprint density at radius 3 is 2.71 bits per heavy atom. The van der Waals surface area contributed by atoms with Gasteiger partial charge in [0.2, 0.25) is 5.91 Å². The molecule has 3 aromatic rings. The molecule has 4 rings (SSSR count). The van der Waals surface area contributed by atoms with E-state index in [9.17, 15) is 4.79 Å². The lowest BCUT2D eigenvalue weighted by atomic mass is 10.2. The quantitative estimate of drug-likeness (QED) is 0.213. The molecule has 35 heavy (non-hydrogen) atoms. The minimum atomic E-state index is 0. The first-order chi connectivity index (χ1) is 16.6. The maximum absolute atomic E-state index is 13.3. The number of thioether (sulfide) groups is 1. The van der Waals surface area contributed by atoms with Gasteiger partial charge in [-0.3, -0.25) is 14.6 Å². The number of halogens is 2. The van der Waals surface area contributed by atoms with Gasteiger partial charge < -0.3 is 9.47 Å². The Labute approximate surface area is 226 Å². The number of fused-ring (bicyclic) bond motifs is 1. The van der Waals surface area contributed by atoms with Gasteiger partial charge in [-0.1, -0.05) is 22.9 Å². The fourth-order valence-corrected chi connectivity index (χ4v) is 5.96. The number of thiazole rings is 1. The van der Waals surface area contributed by atoms with Gasteiger partial charge in [0, 0.05) is 42.5 Å². The highest BCUT2D eigenvalue weighted by Crippen LogP contribution is 2.31. The third-order valence-corrected chi connectivity index (χ3v) is 8.07. The van der Waals surface area contributed by atoms with E-state index in [4.69, 9.17) is 26.1 Å². The number of carbonyl (C=O) groups excluding carboxylic acids is 1. The fourth-order valence-electron chi connectivity index (χ4n) is 3.83. The predicted molar refractivity (Wildman–Crippen MR) is 149 cm³/mol. The van der Waals surface area contributed by atoms with Crippen LogP contribution in [-0.2, 0) is 9.53 Å². The van der Waals surface area contributed by atoms with Gasteiger partial charge in [0.15, 0.2) is 5.13 Å². The van der Waals surface area contributed by atoms with Gasteiger partial charge in [-0.05, 0) is 61.1 Å². The van der Waals surface area contributed by atoms with Gasteiger partial charge in [-0.2, -0.15) is 0 Å². The van der Waals surface area contributed by atoms with Crippen LogP contribution in [0.4, 0.5) is 5.13 Å². The largest absolute Gasteiger partial charge is 0.497 e. The lowest BCUT2D eigenvalue weighted by Crippen LogP contribution is -2.39. The smallest absolute Gasteiger partial charge is 0.228 e. The van der Waals surface area contributed by atoms with Crippen molar-refractivity contribution in [3.8, 4) is 5.75 Å². The van der Waals surface area contributed by atoms with E-state index in [1.165, 1.54) is 16.2 Å². The van der Waals surface area contributed by atoms with Crippen LogP contribution < -0.4 is 9.64 Å². The Morgan fingerprint density at radius 1 is 1.20 bits per heavy atom. The second-order valence-electron chi connectivity index (χ2n) is 8.09. The molecule has 1 fully saturated rings. The Balaban J connectivity index is 0.00000342. The number of carbonyl (C=O) groups is 1. The summed E-state index contributed by atoms with van der Waals surface area (Å²) in [6, 6.07) is 13.7. The van der Waals surface area contributed by atoms with Gasteiger partial charge in [0.1, 0.15) is 5.75 Å². The number of nitrogens with zero attached hydrogens (tertiary/aromatic N) is 3. The summed E-state index contributed by atoms with van der Waals surface area (Å²) in [6.07, 6.45) is 2.21. The molecule has 1 amide bonds. The van der Waals surface area contributed by atoms with Gasteiger partial charge in [-0.25, -0.2) is 4.98 Å². The molecule has 1 aromatic heterocycles. The maximum atomic E-state index is 13.3. The third kappa shape index (κ3) is 8.23. The number of aromatic nitrogens is 1. The summed E-state index contributed by atoms with van der Waals surface area (Å²) in [6.45, 7) is 5.10. The summed E-state index contributed by atoms with van der Waals surface area (Å²) in [5, 5.41) is 1.44. The summed E-state index contributed by atoms with van der Waals surface area (Å²) in [5.74, 6) is 1.86. The van der Waals surface area contributed by atoms with Crippen molar-refractivity contribution in [2.45, 2.75) is 24.2 Å². The molecule has 0 bridgehead atoms. The number of rotatable bonds is 11. The molecule has 10 heteroatoms. The number of ether oxygens (including phenoxy) is 2. The summed E-state index contributed by atoms with van der Waals surface area (Å²) >= 11 is 9.46. The van der Waals surface area contributed by atoms with Crippen molar-refractivity contribution < 1.29 is 14.3 Å². The standard InChI is InChI=1S/C25H30ClN3O3S2.ClH/c1-31-20-6-8-21(9-7-20)33-17-2-4-24(30)29(12-3-11-28-13-15-32-16-14-28)25-27-22-10-5-19(26)18-23(22)34-25;/h5-10,18H,2-4,11-17H2,1H3;1H. The molecule has 0 radical (unpaired) electrons. The van der Waals surface area contributed by atoms with E-state index in [2.05, 4.69) is 17.0 Å². The molecule has 6 nitrogen and oxygen atoms in total. The molecule has 1 saturated heterocycles. The highest BCUT2D eigenvalue weighted by molar-refractivity contribution is 7.99. The van der Waals surface area contributed by atoms with Crippen molar-refractivity contribution in [3.05, 3.63) is 47.5 Å². The number of hydrogen-bond donors (Lipinski definition) is 0. The SMILES string of the molecule is COc1ccc(SCCCC(=O)N(CCCN2CCOCC2)c2nc3ccc(Cl)cc3s2)cc1.Cl. The Bertz CT molecular complexity index is 1080. The highest BCUT2D eigenvalue weighted by Gasteiger charge is 2.20. The van der Waals surface area contributed by atoms with Crippen LogP contribution in [0.15, 0.2) is 47.4 Å². The Hall–Kier alpha value is -1.55. The van der Waals surface area contributed by atoms with Crippen LogP contribution in [0.2, 0.25) is 5.02 Å². The first kappa shape index (κ1) is 28.0. The van der Waals surface area contributed by atoms with E-state index in [0.29, 0.717) is 18.0 Å². The molecule has 190 valence electrons. The highest BCUT2D eigenvalue weighted by atomic mass is 35.5. The zero-order chi connectivity index (χ0) is 23.8. The monoisotopic (exact) mass is 555 g/mol. The molecule has 0 N–H and O–H groups in total. The van der Waals surface area contributed by atoms with E-state index < -0.39 is 0 Å². The maximum Gasteiger partial charge on any atom is 0.228 e. The molecule has 2 aromatic carbocycles. The summed E-state index contributed by atoms with van der Waals surface area (Å²) in [5.41, 5.74) is 0.880. The first-order valence-corrected chi connectivity index (χ1v) is 13.7. The fraction of sp³-hybridized carbons (Fsp3) is 0.440. The molecule has 0 aliphatic carbocycles. The zero-order valence-corrected chi connectivity index (χ0v) is 23.0. The Morgan fingerprint density at radius 2 is 1.97 bits per heavy atom. The second-order valence-corrected chi connectivity index (χ2v) is 10.7. The number of anilines is 1. The van der Waals surface area contributed by atoms with Crippen molar-refractivity contribution >= 4 is 68.4 Å². The summed E-state index contributed by atoms with van der Waals surface area (Å²) < 4.78 is 11.7. The first-order valence-electron chi connectivity index (χ1n) is 11.6. The normalized spacial score (nSPS) is 14.0. The molecule has 0 unspecified atom stereocenters. The number of methoxy groups -OCH3 is 1. The van der Waals surface area contributed by atoms with E-state index >= 15 is 0 Å². The molecule has 1 aliphatic heterocycles. The van der Waals surface area contributed by atoms with E-state index in [1.54, 1.807) is 18.9 Å². The zero-order valence-electron chi connectivity index (χ0n) is 19.8.